The van der Waals surface area contributed by atoms with E-state index in [1.54, 1.807) is 0 Å². The summed E-state index contributed by atoms with van der Waals surface area (Å²) in [5, 5.41) is 3.29. The minimum Gasteiger partial charge on any atom is -0.469 e. The zero-order valence-electron chi connectivity index (χ0n) is 23.0. The molecule has 1 N–H and O–H groups in total. The van der Waals surface area contributed by atoms with E-state index in [2.05, 4.69) is 30.0 Å². The van der Waals surface area contributed by atoms with Crippen molar-refractivity contribution in [3.05, 3.63) is 12.2 Å². The zero-order chi connectivity index (χ0) is 25.9. The van der Waals surface area contributed by atoms with E-state index < -0.39 is 0 Å². The van der Waals surface area contributed by atoms with Gasteiger partial charge in [0.2, 0.25) is 11.8 Å². The van der Waals surface area contributed by atoms with E-state index >= 15 is 0 Å². The number of amides is 2. The molecule has 36 heavy (non-hydrogen) atoms. The van der Waals surface area contributed by atoms with Crippen LogP contribution in [0.25, 0.3) is 0 Å². The number of esters is 1. The topological polar surface area (TPSA) is 75.7 Å². The molecule has 1 aliphatic heterocycles. The van der Waals surface area contributed by atoms with Crippen LogP contribution in [0.15, 0.2) is 12.2 Å². The molecule has 0 saturated heterocycles. The van der Waals surface area contributed by atoms with Gasteiger partial charge in [0.25, 0.3) is 0 Å². The van der Waals surface area contributed by atoms with Crippen LogP contribution in [0, 0.1) is 34.5 Å². The van der Waals surface area contributed by atoms with Crippen LogP contribution >= 0.6 is 0 Å². The molecule has 2 amide bonds. The van der Waals surface area contributed by atoms with Gasteiger partial charge >= 0.3 is 5.97 Å². The third kappa shape index (κ3) is 5.24. The number of fused-ring (bicyclic) bond motifs is 5. The van der Waals surface area contributed by atoms with E-state index in [4.69, 9.17) is 0 Å². The Morgan fingerprint density at radius 3 is 2.47 bits per heavy atom. The van der Waals surface area contributed by atoms with Crippen LogP contribution in [-0.4, -0.2) is 49.4 Å². The van der Waals surface area contributed by atoms with Gasteiger partial charge in [-0.2, -0.15) is 0 Å². The number of rotatable bonds is 10. The minimum atomic E-state index is -0.137. The van der Waals surface area contributed by atoms with E-state index in [0.717, 1.165) is 56.9 Å². The number of nitrogens with one attached hydrogen (secondary N) is 1. The van der Waals surface area contributed by atoms with Crippen molar-refractivity contribution >= 4 is 17.8 Å². The molecule has 0 radical (unpaired) electrons. The quantitative estimate of drug-likeness (QED) is 0.328. The molecule has 2 unspecified atom stereocenters. The fourth-order valence-electron chi connectivity index (χ4n) is 8.70. The molecule has 3 aliphatic carbocycles. The number of unbranched alkanes of at least 4 members (excludes halogenated alkanes) is 4. The molecule has 0 aromatic heterocycles. The molecule has 6 heteroatoms. The number of ether oxygens (including phenoxy) is 1. The Balaban J connectivity index is 1.23. The van der Waals surface area contributed by atoms with Crippen LogP contribution in [-0.2, 0) is 19.1 Å². The standard InChI is InChI=1S/C30H48N2O4/c1-29-18-16-24-22(13-15-25-30(24,2)19-17-27(34)32(25)3)23(29)14-12-21(29)20-31-26(33)10-8-6-5-7-9-11-28(35)36-4/h17,19,21-25H,5-16,18,20H2,1-4H3,(H,31,33)/t21?,22-,23-,24+,25?,29+,30+/m0/s1. The number of hydrogen-bond donors (Lipinski definition) is 1. The van der Waals surface area contributed by atoms with E-state index in [-0.39, 0.29) is 23.2 Å². The smallest absolute Gasteiger partial charge is 0.305 e. The molecule has 0 bridgehead atoms. The number of carbonyl (C=O) groups is 3. The Kier molecular flexibility index (Phi) is 8.51. The molecule has 3 fully saturated rings. The van der Waals surface area contributed by atoms with Gasteiger partial charge in [0.15, 0.2) is 0 Å². The first-order chi connectivity index (χ1) is 17.2. The van der Waals surface area contributed by atoms with Gasteiger partial charge in [-0.25, -0.2) is 0 Å². The fourth-order valence-corrected chi connectivity index (χ4v) is 8.70. The van der Waals surface area contributed by atoms with Gasteiger partial charge in [-0.15, -0.1) is 0 Å². The zero-order valence-corrected chi connectivity index (χ0v) is 23.0. The summed E-state index contributed by atoms with van der Waals surface area (Å²) >= 11 is 0. The Hall–Kier alpha value is -1.85. The molecular weight excluding hydrogens is 452 g/mol. The molecule has 7 atom stereocenters. The summed E-state index contributed by atoms with van der Waals surface area (Å²) in [4.78, 5) is 38.0. The second-order valence-electron chi connectivity index (χ2n) is 12.6. The van der Waals surface area contributed by atoms with Crippen molar-refractivity contribution in [3.8, 4) is 0 Å². The largest absolute Gasteiger partial charge is 0.469 e. The van der Waals surface area contributed by atoms with Crippen LogP contribution in [0.5, 0.6) is 0 Å². The third-order valence-electron chi connectivity index (χ3n) is 10.9. The maximum Gasteiger partial charge on any atom is 0.305 e. The number of nitrogens with zero attached hydrogens (tertiary/aromatic N) is 1. The average molecular weight is 501 g/mol. The van der Waals surface area contributed by atoms with Gasteiger partial charge in [0.1, 0.15) is 0 Å². The van der Waals surface area contributed by atoms with E-state index in [0.29, 0.717) is 36.1 Å². The van der Waals surface area contributed by atoms with Gasteiger partial charge in [0.05, 0.1) is 7.11 Å². The number of hydrogen-bond acceptors (Lipinski definition) is 4. The van der Waals surface area contributed by atoms with Crippen molar-refractivity contribution in [2.75, 3.05) is 20.7 Å². The van der Waals surface area contributed by atoms with Crippen molar-refractivity contribution in [2.45, 2.75) is 103 Å². The summed E-state index contributed by atoms with van der Waals surface area (Å²) in [5.41, 5.74) is 0.413. The predicted molar refractivity (Wildman–Crippen MR) is 141 cm³/mol. The second-order valence-corrected chi connectivity index (χ2v) is 12.6. The molecule has 1 heterocycles. The van der Waals surface area contributed by atoms with Crippen LogP contribution < -0.4 is 5.32 Å². The number of methoxy groups -OCH3 is 1. The molecular formula is C30H48N2O4. The van der Waals surface area contributed by atoms with E-state index in [1.165, 1.54) is 39.2 Å². The lowest BCUT2D eigenvalue weighted by atomic mass is 9.47. The Morgan fingerprint density at radius 2 is 1.72 bits per heavy atom. The summed E-state index contributed by atoms with van der Waals surface area (Å²) in [7, 11) is 3.42. The summed E-state index contributed by atoms with van der Waals surface area (Å²) in [6, 6.07) is 0.338. The molecule has 0 aromatic carbocycles. The lowest BCUT2D eigenvalue weighted by Gasteiger charge is -2.60. The monoisotopic (exact) mass is 500 g/mol. The van der Waals surface area contributed by atoms with Crippen LogP contribution in [0.1, 0.15) is 97.3 Å². The fraction of sp³-hybridized carbons (Fsp3) is 0.833. The Labute approximate surface area is 218 Å². The van der Waals surface area contributed by atoms with E-state index in [1.807, 2.05) is 18.0 Å². The first-order valence-electron chi connectivity index (χ1n) is 14.5. The van der Waals surface area contributed by atoms with Crippen molar-refractivity contribution < 1.29 is 19.1 Å². The lowest BCUT2D eigenvalue weighted by Crippen LogP contribution is -2.59. The Morgan fingerprint density at radius 1 is 1.00 bits per heavy atom. The first-order valence-corrected chi connectivity index (χ1v) is 14.5. The van der Waals surface area contributed by atoms with Crippen LogP contribution in [0.4, 0.5) is 0 Å². The third-order valence-corrected chi connectivity index (χ3v) is 10.9. The second kappa shape index (κ2) is 11.3. The van der Waals surface area contributed by atoms with Gasteiger partial charge in [-0.05, 0) is 86.5 Å². The summed E-state index contributed by atoms with van der Waals surface area (Å²) in [6.07, 6.45) is 17.4. The Bertz CT molecular complexity index is 856. The van der Waals surface area contributed by atoms with Crippen molar-refractivity contribution in [2.24, 2.45) is 34.5 Å². The molecule has 202 valence electrons. The number of likely N-dealkylation sites (N-methyl/N-ethyl adjacent to an activating group) is 1. The van der Waals surface area contributed by atoms with Crippen LogP contribution in [0.2, 0.25) is 0 Å². The first kappa shape index (κ1) is 27.2. The molecule has 4 rings (SSSR count). The van der Waals surface area contributed by atoms with Crippen molar-refractivity contribution in [1.29, 1.82) is 0 Å². The summed E-state index contributed by atoms with van der Waals surface area (Å²) in [6.45, 7) is 5.73. The minimum absolute atomic E-state index is 0.0958. The van der Waals surface area contributed by atoms with Gasteiger partial charge < -0.3 is 15.0 Å². The van der Waals surface area contributed by atoms with Gasteiger partial charge in [0, 0.05) is 37.9 Å². The maximum absolute atomic E-state index is 12.6. The van der Waals surface area contributed by atoms with Crippen LogP contribution in [0.3, 0.4) is 0 Å². The molecule has 6 nitrogen and oxygen atoms in total. The lowest BCUT2D eigenvalue weighted by molar-refractivity contribution is -0.140. The molecule has 0 spiro atoms. The van der Waals surface area contributed by atoms with Crippen molar-refractivity contribution in [1.82, 2.24) is 10.2 Å². The normalized spacial score (nSPS) is 37.2. The highest BCUT2D eigenvalue weighted by atomic mass is 16.5. The summed E-state index contributed by atoms with van der Waals surface area (Å²) < 4.78 is 4.67. The summed E-state index contributed by atoms with van der Waals surface area (Å²) in [5.74, 6) is 2.91. The highest BCUT2D eigenvalue weighted by Gasteiger charge is 2.60. The van der Waals surface area contributed by atoms with E-state index in [9.17, 15) is 14.4 Å². The molecule has 3 saturated carbocycles. The van der Waals surface area contributed by atoms with Gasteiger partial charge in [-0.3, -0.25) is 14.4 Å². The number of carbonyl (C=O) groups excluding carboxylic acids is 3. The van der Waals surface area contributed by atoms with Gasteiger partial charge in [-0.1, -0.05) is 39.2 Å². The average Bonchev–Trinajstić information content (AvgIpc) is 3.20. The molecule has 4 aliphatic rings. The highest BCUT2D eigenvalue weighted by Crippen LogP contribution is 2.65. The predicted octanol–water partition coefficient (Wildman–Crippen LogP) is 5.26. The SMILES string of the molecule is COC(=O)CCCCCCCC(=O)NCC1CC[C@H]2[C@@H]3CCC4N(C)C(=O)C=C[C@]4(C)[C@@H]3CC[C@]12C. The highest BCUT2D eigenvalue weighted by molar-refractivity contribution is 5.89. The molecule has 0 aromatic rings. The van der Waals surface area contributed by atoms with Crippen molar-refractivity contribution in [3.63, 3.8) is 0 Å². The maximum atomic E-state index is 12.6.